The van der Waals surface area contributed by atoms with E-state index in [1.165, 1.54) is 0 Å². The van der Waals surface area contributed by atoms with Crippen LogP contribution in [-0.4, -0.2) is 82.4 Å². The second-order valence-corrected chi connectivity index (χ2v) is 10.2. The topological polar surface area (TPSA) is 137 Å². The molecule has 1 fully saturated rings. The smallest absolute Gasteiger partial charge is 0.268 e. The Morgan fingerprint density at radius 3 is 2.56 bits per heavy atom. The van der Waals surface area contributed by atoms with Crippen LogP contribution in [0.4, 0.5) is 5.69 Å². The van der Waals surface area contributed by atoms with Crippen LogP contribution in [0, 0.1) is 0 Å². The number of nitrogens with zero attached hydrogens (tertiary/aromatic N) is 1. The Morgan fingerprint density at radius 2 is 1.89 bits per heavy atom. The summed E-state index contributed by atoms with van der Waals surface area (Å²) in [4.78, 5) is 27.0. The van der Waals surface area contributed by atoms with Gasteiger partial charge < -0.3 is 34.8 Å². The SMILES string of the molecule is O=Cc1ccc(C(=O)N2CC(CCl)c3c2cc(OC2OC(CO)C(O)C(O)C2O)c2ccccc32)s1. The van der Waals surface area contributed by atoms with Crippen molar-refractivity contribution >= 4 is 51.6 Å². The number of halogens is 1. The molecule has 2 aliphatic heterocycles. The number of aliphatic hydroxyl groups is 4. The van der Waals surface area contributed by atoms with Crippen molar-refractivity contribution in [3.8, 4) is 5.75 Å². The highest BCUT2D eigenvalue weighted by Gasteiger charge is 2.45. The number of alkyl halides is 1. The Hall–Kier alpha value is -2.57. The standard InChI is InChI=1S/C25H24ClNO8S/c26-8-12-9-27(24(33)19-6-5-13(10-28)36-19)16-7-17(14-3-1-2-4-15(14)20(12)16)34-25-23(32)22(31)21(30)18(11-29)35-25/h1-7,10,12,18,21-23,25,29-32H,8-9,11H2. The third-order valence-electron chi connectivity index (χ3n) is 6.61. The summed E-state index contributed by atoms with van der Waals surface area (Å²) in [6.45, 7) is -0.251. The van der Waals surface area contributed by atoms with Crippen LogP contribution in [0.2, 0.25) is 0 Å². The number of aliphatic hydroxyl groups excluding tert-OH is 4. The van der Waals surface area contributed by atoms with Crippen molar-refractivity contribution in [3.05, 3.63) is 57.8 Å². The van der Waals surface area contributed by atoms with E-state index in [2.05, 4.69) is 0 Å². The summed E-state index contributed by atoms with van der Waals surface area (Å²) in [6.07, 6.45) is -6.51. The van der Waals surface area contributed by atoms with E-state index < -0.39 is 37.3 Å². The molecule has 4 N–H and O–H groups in total. The zero-order valence-corrected chi connectivity index (χ0v) is 20.4. The lowest BCUT2D eigenvalue weighted by Gasteiger charge is -2.39. The van der Waals surface area contributed by atoms with Crippen LogP contribution in [0.25, 0.3) is 10.8 Å². The highest BCUT2D eigenvalue weighted by atomic mass is 35.5. The minimum atomic E-state index is -1.59. The first-order valence-corrected chi connectivity index (χ1v) is 12.7. The molecule has 0 spiro atoms. The van der Waals surface area contributed by atoms with Gasteiger partial charge in [-0.1, -0.05) is 24.3 Å². The fourth-order valence-corrected chi connectivity index (χ4v) is 5.81. The van der Waals surface area contributed by atoms with E-state index in [1.807, 2.05) is 24.3 Å². The van der Waals surface area contributed by atoms with Gasteiger partial charge in [0.2, 0.25) is 6.29 Å². The highest BCUT2D eigenvalue weighted by Crippen LogP contribution is 2.46. The fourth-order valence-electron chi connectivity index (χ4n) is 4.78. The number of ether oxygens (including phenoxy) is 2. The van der Waals surface area contributed by atoms with Crippen molar-refractivity contribution in [2.24, 2.45) is 0 Å². The van der Waals surface area contributed by atoms with E-state index in [0.717, 1.165) is 22.3 Å². The average molecular weight is 534 g/mol. The molecule has 5 rings (SSSR count). The van der Waals surface area contributed by atoms with Gasteiger partial charge in [-0.25, -0.2) is 0 Å². The minimum absolute atomic E-state index is 0.151. The molecule has 11 heteroatoms. The maximum absolute atomic E-state index is 13.4. The number of rotatable bonds is 6. The molecule has 3 aromatic rings. The molecule has 1 aromatic heterocycles. The molecule has 6 unspecified atom stereocenters. The first-order valence-electron chi connectivity index (χ1n) is 11.3. The van der Waals surface area contributed by atoms with Crippen molar-refractivity contribution in [1.29, 1.82) is 0 Å². The van der Waals surface area contributed by atoms with Crippen molar-refractivity contribution in [1.82, 2.24) is 0 Å². The molecule has 36 heavy (non-hydrogen) atoms. The van der Waals surface area contributed by atoms with Gasteiger partial charge in [-0.05, 0) is 23.1 Å². The molecule has 9 nitrogen and oxygen atoms in total. The van der Waals surface area contributed by atoms with E-state index in [9.17, 15) is 30.0 Å². The highest BCUT2D eigenvalue weighted by molar-refractivity contribution is 7.15. The summed E-state index contributed by atoms with van der Waals surface area (Å²) < 4.78 is 11.6. The molecule has 0 radical (unpaired) electrons. The molecule has 1 saturated heterocycles. The average Bonchev–Trinajstić information content (AvgIpc) is 3.53. The van der Waals surface area contributed by atoms with Gasteiger partial charge in [0.1, 0.15) is 30.2 Å². The summed E-state index contributed by atoms with van der Waals surface area (Å²) in [6, 6.07) is 12.2. The van der Waals surface area contributed by atoms with Gasteiger partial charge in [-0.3, -0.25) is 9.59 Å². The first-order chi connectivity index (χ1) is 17.4. The Bertz CT molecular complexity index is 1300. The van der Waals surface area contributed by atoms with Crippen LogP contribution < -0.4 is 9.64 Å². The van der Waals surface area contributed by atoms with Crippen molar-refractivity contribution in [2.45, 2.75) is 36.6 Å². The summed E-state index contributed by atoms with van der Waals surface area (Å²) in [5, 5.41) is 41.8. The third kappa shape index (κ3) is 4.18. The molecule has 0 bridgehead atoms. The lowest BCUT2D eigenvalue weighted by molar-refractivity contribution is -0.277. The van der Waals surface area contributed by atoms with Crippen LogP contribution in [0.3, 0.4) is 0 Å². The second kappa shape index (κ2) is 10.1. The zero-order chi connectivity index (χ0) is 25.6. The fraction of sp³-hybridized carbons (Fsp3) is 0.360. The summed E-state index contributed by atoms with van der Waals surface area (Å²) in [5.41, 5.74) is 1.45. The van der Waals surface area contributed by atoms with Crippen LogP contribution in [-0.2, 0) is 4.74 Å². The van der Waals surface area contributed by atoms with Gasteiger partial charge in [-0.2, -0.15) is 0 Å². The van der Waals surface area contributed by atoms with E-state index in [4.69, 9.17) is 21.1 Å². The van der Waals surface area contributed by atoms with Crippen molar-refractivity contribution in [3.63, 3.8) is 0 Å². The van der Waals surface area contributed by atoms with Gasteiger partial charge >= 0.3 is 0 Å². The van der Waals surface area contributed by atoms with Gasteiger partial charge in [0.25, 0.3) is 5.91 Å². The number of aldehydes is 1. The van der Waals surface area contributed by atoms with E-state index in [0.29, 0.717) is 33.7 Å². The number of benzene rings is 2. The van der Waals surface area contributed by atoms with Crippen molar-refractivity contribution in [2.75, 3.05) is 23.9 Å². The number of carbonyl (C=O) groups excluding carboxylic acids is 2. The Balaban J connectivity index is 1.58. The first kappa shape index (κ1) is 25.1. The number of carbonyl (C=O) groups is 2. The summed E-state index contributed by atoms with van der Waals surface area (Å²) >= 11 is 7.41. The number of anilines is 1. The Kier molecular flexibility index (Phi) is 7.01. The molecule has 1 amide bonds. The number of fused-ring (bicyclic) bond motifs is 3. The number of amides is 1. The monoisotopic (exact) mass is 533 g/mol. The molecule has 0 saturated carbocycles. The molecular weight excluding hydrogens is 510 g/mol. The van der Waals surface area contributed by atoms with Gasteiger partial charge in [0.05, 0.1) is 22.0 Å². The quantitative estimate of drug-likeness (QED) is 0.278. The molecule has 190 valence electrons. The predicted octanol–water partition coefficient (Wildman–Crippen LogP) is 1.88. The molecule has 2 aromatic carbocycles. The minimum Gasteiger partial charge on any atom is -0.461 e. The largest absolute Gasteiger partial charge is 0.461 e. The van der Waals surface area contributed by atoms with Crippen LogP contribution in [0.15, 0.2) is 42.5 Å². The Labute approximate surface area is 215 Å². The van der Waals surface area contributed by atoms with Crippen LogP contribution in [0.1, 0.15) is 30.8 Å². The zero-order valence-electron chi connectivity index (χ0n) is 18.9. The van der Waals surface area contributed by atoms with Gasteiger partial charge in [0, 0.05) is 29.8 Å². The molecule has 0 aliphatic carbocycles. The molecular formula is C25H24ClNO8S. The second-order valence-electron chi connectivity index (χ2n) is 8.76. The van der Waals surface area contributed by atoms with Gasteiger partial charge in [-0.15, -0.1) is 22.9 Å². The van der Waals surface area contributed by atoms with Crippen molar-refractivity contribution < 1.29 is 39.5 Å². The molecule has 2 aliphatic rings. The molecule has 6 atom stereocenters. The van der Waals surface area contributed by atoms with Crippen LogP contribution in [0.5, 0.6) is 5.75 Å². The lowest BCUT2D eigenvalue weighted by atomic mass is 9.95. The number of hydrogen-bond donors (Lipinski definition) is 4. The van der Waals surface area contributed by atoms with Gasteiger partial charge in [0.15, 0.2) is 6.29 Å². The summed E-state index contributed by atoms with van der Waals surface area (Å²) in [5.74, 6) is 0.123. The summed E-state index contributed by atoms with van der Waals surface area (Å²) in [7, 11) is 0. The number of thiophene rings is 1. The van der Waals surface area contributed by atoms with E-state index in [1.54, 1.807) is 23.1 Å². The van der Waals surface area contributed by atoms with E-state index >= 15 is 0 Å². The predicted molar refractivity (Wildman–Crippen MR) is 133 cm³/mol. The normalized spacial score (nSPS) is 27.8. The maximum atomic E-state index is 13.4. The van der Waals surface area contributed by atoms with Crippen LogP contribution >= 0.6 is 22.9 Å². The Morgan fingerprint density at radius 1 is 1.14 bits per heavy atom. The maximum Gasteiger partial charge on any atom is 0.268 e. The van der Waals surface area contributed by atoms with E-state index in [-0.39, 0.29) is 23.5 Å². The molecule has 3 heterocycles. The third-order valence-corrected chi connectivity index (χ3v) is 7.98. The number of hydrogen-bond acceptors (Lipinski definition) is 9. The lowest BCUT2D eigenvalue weighted by Crippen LogP contribution is -2.60.